The van der Waals surface area contributed by atoms with Gasteiger partial charge in [-0.2, -0.15) is 0 Å². The fourth-order valence-electron chi connectivity index (χ4n) is 2.28. The number of rotatable bonds is 6. The summed E-state index contributed by atoms with van der Waals surface area (Å²) < 4.78 is 0. The monoisotopic (exact) mass is 288 g/mol. The minimum Gasteiger partial charge on any atom is -0.394 e. The van der Waals surface area contributed by atoms with Crippen LogP contribution >= 0.6 is 0 Å². The molecule has 6 nitrogen and oxygen atoms in total. The summed E-state index contributed by atoms with van der Waals surface area (Å²) in [5.41, 5.74) is 0.460. The summed E-state index contributed by atoms with van der Waals surface area (Å²) in [4.78, 5) is 12.1. The van der Waals surface area contributed by atoms with E-state index in [0.29, 0.717) is 12.0 Å². The highest BCUT2D eigenvalue weighted by Gasteiger charge is 2.35. The topological polar surface area (TPSA) is 118 Å². The van der Waals surface area contributed by atoms with Gasteiger partial charge in [-0.3, -0.25) is 4.79 Å². The number of hydrogen-bond acceptors (Lipinski definition) is 6. The van der Waals surface area contributed by atoms with Crippen molar-refractivity contribution in [3.8, 4) is 0 Å². The first kappa shape index (κ1) is 17.3. The number of aliphatic hydroxyl groups is 5. The Bertz CT molecular complexity index is 341. The number of carbonyl (C=O) groups excluding carboxylic acids is 1. The number of Topliss-reactive ketones (excluding diaryl/α,β-unsaturated/α-hetero) is 1. The molecule has 20 heavy (non-hydrogen) atoms. The summed E-state index contributed by atoms with van der Waals surface area (Å²) in [6, 6.07) is 0. The van der Waals surface area contributed by atoms with Gasteiger partial charge in [0.1, 0.15) is 24.4 Å². The van der Waals surface area contributed by atoms with Gasteiger partial charge in [-0.25, -0.2) is 0 Å². The van der Waals surface area contributed by atoms with Crippen LogP contribution in [0.15, 0.2) is 11.6 Å². The largest absolute Gasteiger partial charge is 0.394 e. The van der Waals surface area contributed by atoms with Gasteiger partial charge < -0.3 is 25.5 Å². The van der Waals surface area contributed by atoms with Crippen molar-refractivity contribution in [2.45, 2.75) is 62.9 Å². The lowest BCUT2D eigenvalue weighted by Gasteiger charge is -2.25. The number of aliphatic hydroxyl groups excluding tert-OH is 5. The van der Waals surface area contributed by atoms with Crippen LogP contribution < -0.4 is 0 Å². The van der Waals surface area contributed by atoms with E-state index in [1.807, 2.05) is 0 Å². The standard InChI is InChI=1S/C14H24O6/c15-8-10(16)12(18)14(20)13(19)11(17)9-6-4-2-1-3-5-7-9/h6,10,12-16,18-20H,1-5,7-8H2/t10-,12-,13-,14+/m1/s1. The van der Waals surface area contributed by atoms with Gasteiger partial charge in [0.2, 0.25) is 0 Å². The summed E-state index contributed by atoms with van der Waals surface area (Å²) >= 11 is 0. The van der Waals surface area contributed by atoms with Crippen LogP contribution in [0.1, 0.15) is 38.5 Å². The molecule has 116 valence electrons. The predicted octanol–water partition coefficient (Wildman–Crippen LogP) is -0.728. The Balaban J connectivity index is 2.69. The van der Waals surface area contributed by atoms with Crippen LogP contribution in [0, 0.1) is 0 Å². The highest BCUT2D eigenvalue weighted by atomic mass is 16.4. The minimum absolute atomic E-state index is 0.460. The zero-order valence-corrected chi connectivity index (χ0v) is 11.5. The fourth-order valence-corrected chi connectivity index (χ4v) is 2.28. The van der Waals surface area contributed by atoms with Crippen LogP contribution in [0.4, 0.5) is 0 Å². The number of ketones is 1. The molecule has 0 spiro atoms. The average Bonchev–Trinajstić information content (AvgIpc) is 2.43. The molecule has 0 aliphatic heterocycles. The second kappa shape index (κ2) is 8.49. The van der Waals surface area contributed by atoms with Crippen LogP contribution in [0.5, 0.6) is 0 Å². The molecular formula is C14H24O6. The second-order valence-electron chi connectivity index (χ2n) is 5.22. The average molecular weight is 288 g/mol. The van der Waals surface area contributed by atoms with Gasteiger partial charge >= 0.3 is 0 Å². The van der Waals surface area contributed by atoms with Gasteiger partial charge in [-0.05, 0) is 31.3 Å². The summed E-state index contributed by atoms with van der Waals surface area (Å²) in [5.74, 6) is -0.622. The van der Waals surface area contributed by atoms with Crippen molar-refractivity contribution < 1.29 is 30.3 Å². The molecule has 0 fully saturated rings. The molecule has 0 bridgehead atoms. The molecule has 0 aromatic rings. The Hall–Kier alpha value is -0.790. The molecular weight excluding hydrogens is 264 g/mol. The molecule has 0 unspecified atom stereocenters. The number of allylic oxidation sites excluding steroid dienone is 1. The highest BCUT2D eigenvalue weighted by molar-refractivity contribution is 5.99. The van der Waals surface area contributed by atoms with Crippen molar-refractivity contribution in [3.05, 3.63) is 11.6 Å². The third-order valence-corrected chi connectivity index (χ3v) is 3.63. The van der Waals surface area contributed by atoms with Crippen LogP contribution in [-0.2, 0) is 4.79 Å². The van der Waals surface area contributed by atoms with Gasteiger partial charge in [0.15, 0.2) is 5.78 Å². The molecule has 0 saturated heterocycles. The van der Waals surface area contributed by atoms with Crippen molar-refractivity contribution in [1.29, 1.82) is 0 Å². The summed E-state index contributed by atoms with van der Waals surface area (Å²) in [6.07, 6.45) is 0.0577. The molecule has 1 rings (SSSR count). The lowest BCUT2D eigenvalue weighted by molar-refractivity contribution is -0.143. The number of hydrogen-bond donors (Lipinski definition) is 5. The Kier molecular flexibility index (Phi) is 7.32. The van der Waals surface area contributed by atoms with E-state index in [4.69, 9.17) is 5.11 Å². The van der Waals surface area contributed by atoms with Crippen molar-refractivity contribution in [2.75, 3.05) is 6.61 Å². The van der Waals surface area contributed by atoms with Gasteiger partial charge in [0.25, 0.3) is 0 Å². The van der Waals surface area contributed by atoms with Crippen molar-refractivity contribution >= 4 is 5.78 Å². The summed E-state index contributed by atoms with van der Waals surface area (Å²) in [6.45, 7) is -0.762. The molecule has 0 saturated carbocycles. The van der Waals surface area contributed by atoms with Crippen LogP contribution in [0.25, 0.3) is 0 Å². The van der Waals surface area contributed by atoms with Crippen LogP contribution in [-0.4, -0.2) is 62.3 Å². The van der Waals surface area contributed by atoms with E-state index in [2.05, 4.69) is 0 Å². The molecule has 1 aliphatic carbocycles. The molecule has 0 heterocycles. The Morgan fingerprint density at radius 2 is 1.70 bits per heavy atom. The molecule has 0 aromatic carbocycles. The molecule has 0 radical (unpaired) electrons. The minimum atomic E-state index is -1.82. The van der Waals surface area contributed by atoms with Gasteiger partial charge in [0.05, 0.1) is 6.61 Å². The Morgan fingerprint density at radius 1 is 1.05 bits per heavy atom. The maximum absolute atomic E-state index is 12.1. The van der Waals surface area contributed by atoms with Crippen LogP contribution in [0.2, 0.25) is 0 Å². The van der Waals surface area contributed by atoms with E-state index >= 15 is 0 Å². The van der Waals surface area contributed by atoms with Crippen molar-refractivity contribution in [1.82, 2.24) is 0 Å². The van der Waals surface area contributed by atoms with E-state index in [1.54, 1.807) is 6.08 Å². The van der Waals surface area contributed by atoms with Crippen molar-refractivity contribution in [2.24, 2.45) is 0 Å². The smallest absolute Gasteiger partial charge is 0.189 e. The predicted molar refractivity (Wildman–Crippen MR) is 71.9 cm³/mol. The molecule has 0 aromatic heterocycles. The van der Waals surface area contributed by atoms with Gasteiger partial charge in [-0.1, -0.05) is 18.9 Å². The first-order valence-electron chi connectivity index (χ1n) is 7.05. The van der Waals surface area contributed by atoms with E-state index in [1.165, 1.54) is 0 Å². The molecule has 0 amide bonds. The normalized spacial score (nSPS) is 22.9. The Labute approximate surface area is 118 Å². The summed E-state index contributed by atoms with van der Waals surface area (Å²) in [5, 5.41) is 46.9. The first-order chi connectivity index (χ1) is 9.49. The molecule has 5 N–H and O–H groups in total. The lowest BCUT2D eigenvalue weighted by Crippen LogP contribution is -2.49. The maximum Gasteiger partial charge on any atom is 0.189 e. The van der Waals surface area contributed by atoms with E-state index in [9.17, 15) is 25.2 Å². The highest BCUT2D eigenvalue weighted by Crippen LogP contribution is 2.20. The zero-order chi connectivity index (χ0) is 15.1. The third-order valence-electron chi connectivity index (χ3n) is 3.63. The van der Waals surface area contributed by atoms with E-state index < -0.39 is 36.8 Å². The van der Waals surface area contributed by atoms with Gasteiger partial charge in [0, 0.05) is 0 Å². The number of carbonyl (C=O) groups is 1. The zero-order valence-electron chi connectivity index (χ0n) is 11.5. The van der Waals surface area contributed by atoms with E-state index in [-0.39, 0.29) is 0 Å². The Morgan fingerprint density at radius 3 is 2.35 bits per heavy atom. The third kappa shape index (κ3) is 4.64. The fraction of sp³-hybridized carbons (Fsp3) is 0.786. The lowest BCUT2D eigenvalue weighted by atomic mass is 9.91. The van der Waals surface area contributed by atoms with Crippen LogP contribution in [0.3, 0.4) is 0 Å². The summed E-state index contributed by atoms with van der Waals surface area (Å²) in [7, 11) is 0. The maximum atomic E-state index is 12.1. The molecule has 4 atom stereocenters. The quantitative estimate of drug-likeness (QED) is 0.440. The van der Waals surface area contributed by atoms with Gasteiger partial charge in [-0.15, -0.1) is 0 Å². The molecule has 1 aliphatic rings. The van der Waals surface area contributed by atoms with Crippen molar-refractivity contribution in [3.63, 3.8) is 0 Å². The second-order valence-corrected chi connectivity index (χ2v) is 5.22. The molecule has 6 heteroatoms. The van der Waals surface area contributed by atoms with E-state index in [0.717, 1.165) is 32.1 Å². The first-order valence-corrected chi connectivity index (χ1v) is 7.05. The SMILES string of the molecule is O=C(C1=CCCCCCC1)[C@@H](O)[C@@H](O)[C@H](O)[C@H](O)CO.